The van der Waals surface area contributed by atoms with Crippen molar-refractivity contribution < 1.29 is 4.79 Å². The minimum Gasteiger partial charge on any atom is -0.340 e. The molecule has 1 aliphatic carbocycles. The predicted octanol–water partition coefficient (Wildman–Crippen LogP) is 1.95. The van der Waals surface area contributed by atoms with Gasteiger partial charge in [0.2, 0.25) is 5.91 Å². The SMILES string of the molecule is CC1(C(=O)N2CCN(CCCl)CC2)CCCC1. The number of piperazine rings is 1. The average molecular weight is 259 g/mol. The molecule has 1 heterocycles. The summed E-state index contributed by atoms with van der Waals surface area (Å²) in [6, 6.07) is 0. The van der Waals surface area contributed by atoms with Gasteiger partial charge >= 0.3 is 0 Å². The number of rotatable bonds is 3. The number of halogens is 1. The van der Waals surface area contributed by atoms with Crippen molar-refractivity contribution in [1.82, 2.24) is 9.80 Å². The standard InChI is InChI=1S/C13H23ClN2O/c1-13(4-2-3-5-13)12(17)16-10-8-15(7-6-14)9-11-16/h2-11H2,1H3. The molecule has 0 aromatic heterocycles. The fraction of sp³-hybridized carbons (Fsp3) is 0.923. The molecule has 0 atom stereocenters. The number of carbonyl (C=O) groups excluding carboxylic acids is 1. The van der Waals surface area contributed by atoms with E-state index in [1.54, 1.807) is 0 Å². The van der Waals surface area contributed by atoms with Crippen molar-refractivity contribution in [3.8, 4) is 0 Å². The number of nitrogens with zero attached hydrogens (tertiary/aromatic N) is 2. The summed E-state index contributed by atoms with van der Waals surface area (Å²) in [7, 11) is 0. The molecule has 17 heavy (non-hydrogen) atoms. The fourth-order valence-corrected chi connectivity index (χ4v) is 3.28. The lowest BCUT2D eigenvalue weighted by Gasteiger charge is -2.38. The summed E-state index contributed by atoms with van der Waals surface area (Å²) < 4.78 is 0. The number of alkyl halides is 1. The topological polar surface area (TPSA) is 23.6 Å². The third-order valence-electron chi connectivity index (χ3n) is 4.28. The van der Waals surface area contributed by atoms with Gasteiger partial charge < -0.3 is 4.90 Å². The van der Waals surface area contributed by atoms with E-state index >= 15 is 0 Å². The van der Waals surface area contributed by atoms with Crippen molar-refractivity contribution in [2.24, 2.45) is 5.41 Å². The molecule has 0 radical (unpaired) electrons. The van der Waals surface area contributed by atoms with E-state index in [4.69, 9.17) is 11.6 Å². The van der Waals surface area contributed by atoms with E-state index in [9.17, 15) is 4.79 Å². The van der Waals surface area contributed by atoms with E-state index in [1.165, 1.54) is 12.8 Å². The van der Waals surface area contributed by atoms with E-state index in [0.717, 1.165) is 45.6 Å². The Hall–Kier alpha value is -0.280. The Morgan fingerprint density at radius 2 is 1.76 bits per heavy atom. The first-order valence-corrected chi connectivity index (χ1v) is 7.27. The molecule has 1 amide bonds. The third-order valence-corrected chi connectivity index (χ3v) is 4.45. The van der Waals surface area contributed by atoms with Crippen LogP contribution in [0.5, 0.6) is 0 Å². The lowest BCUT2D eigenvalue weighted by Crippen LogP contribution is -2.52. The highest BCUT2D eigenvalue weighted by Gasteiger charge is 2.39. The highest BCUT2D eigenvalue weighted by Crippen LogP contribution is 2.39. The molecule has 2 aliphatic rings. The molecule has 0 spiro atoms. The molecule has 1 saturated heterocycles. The van der Waals surface area contributed by atoms with Gasteiger partial charge in [0.25, 0.3) is 0 Å². The van der Waals surface area contributed by atoms with E-state index < -0.39 is 0 Å². The second kappa shape index (κ2) is 5.57. The minimum absolute atomic E-state index is 0.0609. The summed E-state index contributed by atoms with van der Waals surface area (Å²) in [6.07, 6.45) is 4.59. The van der Waals surface area contributed by atoms with E-state index in [2.05, 4.69) is 16.7 Å². The summed E-state index contributed by atoms with van der Waals surface area (Å²) in [5.41, 5.74) is -0.0609. The van der Waals surface area contributed by atoms with Crippen molar-refractivity contribution in [2.45, 2.75) is 32.6 Å². The van der Waals surface area contributed by atoms with Crippen LogP contribution in [0.2, 0.25) is 0 Å². The maximum Gasteiger partial charge on any atom is 0.228 e. The lowest BCUT2D eigenvalue weighted by atomic mass is 9.87. The Morgan fingerprint density at radius 1 is 1.18 bits per heavy atom. The van der Waals surface area contributed by atoms with Crippen LogP contribution < -0.4 is 0 Å². The molecule has 0 aromatic rings. The molecule has 0 unspecified atom stereocenters. The van der Waals surface area contributed by atoms with Crippen LogP contribution >= 0.6 is 11.6 Å². The summed E-state index contributed by atoms with van der Waals surface area (Å²) in [6.45, 7) is 6.81. The van der Waals surface area contributed by atoms with Crippen molar-refractivity contribution in [3.05, 3.63) is 0 Å². The number of carbonyl (C=O) groups is 1. The first-order valence-electron chi connectivity index (χ1n) is 6.73. The summed E-state index contributed by atoms with van der Waals surface area (Å²) >= 11 is 5.74. The Labute approximate surface area is 109 Å². The van der Waals surface area contributed by atoms with Crippen molar-refractivity contribution in [1.29, 1.82) is 0 Å². The number of amides is 1. The second-order valence-electron chi connectivity index (χ2n) is 5.59. The van der Waals surface area contributed by atoms with Crippen molar-refractivity contribution >= 4 is 17.5 Å². The number of hydrogen-bond donors (Lipinski definition) is 0. The van der Waals surface area contributed by atoms with Crippen LogP contribution in [0.4, 0.5) is 0 Å². The smallest absolute Gasteiger partial charge is 0.228 e. The van der Waals surface area contributed by atoms with Gasteiger partial charge in [0, 0.05) is 44.0 Å². The molecule has 3 nitrogen and oxygen atoms in total. The van der Waals surface area contributed by atoms with Crippen LogP contribution in [0.15, 0.2) is 0 Å². The largest absolute Gasteiger partial charge is 0.340 e. The normalized spacial score (nSPS) is 25.2. The zero-order chi connectivity index (χ0) is 12.3. The molecule has 2 fully saturated rings. The average Bonchev–Trinajstić information content (AvgIpc) is 2.78. The molecule has 2 rings (SSSR count). The summed E-state index contributed by atoms with van der Waals surface area (Å²) in [5, 5.41) is 0. The Morgan fingerprint density at radius 3 is 2.29 bits per heavy atom. The van der Waals surface area contributed by atoms with Gasteiger partial charge in [-0.3, -0.25) is 9.69 Å². The van der Waals surface area contributed by atoms with Crippen LogP contribution in [0, 0.1) is 5.41 Å². The second-order valence-corrected chi connectivity index (χ2v) is 5.97. The van der Waals surface area contributed by atoms with E-state index in [1.807, 2.05) is 0 Å². The van der Waals surface area contributed by atoms with Gasteiger partial charge in [-0.25, -0.2) is 0 Å². The zero-order valence-corrected chi connectivity index (χ0v) is 11.5. The highest BCUT2D eigenvalue weighted by molar-refractivity contribution is 6.18. The molecule has 0 N–H and O–H groups in total. The van der Waals surface area contributed by atoms with Gasteiger partial charge in [-0.2, -0.15) is 0 Å². The third kappa shape index (κ3) is 2.94. The molecule has 0 bridgehead atoms. The van der Waals surface area contributed by atoms with Crippen LogP contribution in [-0.2, 0) is 4.79 Å². The Balaban J connectivity index is 1.86. The fourth-order valence-electron chi connectivity index (χ4n) is 3.05. The molecular formula is C13H23ClN2O. The monoisotopic (exact) mass is 258 g/mol. The maximum absolute atomic E-state index is 12.5. The van der Waals surface area contributed by atoms with Crippen LogP contribution in [-0.4, -0.2) is 54.3 Å². The first-order chi connectivity index (χ1) is 8.15. The van der Waals surface area contributed by atoms with Gasteiger partial charge in [0.15, 0.2) is 0 Å². The van der Waals surface area contributed by atoms with Gasteiger partial charge in [-0.05, 0) is 12.8 Å². The lowest BCUT2D eigenvalue weighted by molar-refractivity contribution is -0.142. The van der Waals surface area contributed by atoms with E-state index in [-0.39, 0.29) is 5.41 Å². The first kappa shape index (κ1) is 13.2. The number of hydrogen-bond acceptors (Lipinski definition) is 2. The van der Waals surface area contributed by atoms with Crippen LogP contribution in [0.3, 0.4) is 0 Å². The molecule has 0 aromatic carbocycles. The Kier molecular flexibility index (Phi) is 4.31. The Bertz CT molecular complexity index is 269. The highest BCUT2D eigenvalue weighted by atomic mass is 35.5. The van der Waals surface area contributed by atoms with Crippen LogP contribution in [0.25, 0.3) is 0 Å². The summed E-state index contributed by atoms with van der Waals surface area (Å²) in [5.74, 6) is 1.08. The maximum atomic E-state index is 12.5. The van der Waals surface area contributed by atoms with Gasteiger partial charge in [-0.1, -0.05) is 19.8 Å². The molecule has 1 saturated carbocycles. The zero-order valence-electron chi connectivity index (χ0n) is 10.8. The quantitative estimate of drug-likeness (QED) is 0.723. The molecular weight excluding hydrogens is 236 g/mol. The predicted molar refractivity (Wildman–Crippen MR) is 70.3 cm³/mol. The summed E-state index contributed by atoms with van der Waals surface area (Å²) in [4.78, 5) is 16.9. The van der Waals surface area contributed by atoms with Gasteiger partial charge in [0.05, 0.1) is 0 Å². The van der Waals surface area contributed by atoms with Gasteiger partial charge in [-0.15, -0.1) is 11.6 Å². The minimum atomic E-state index is -0.0609. The van der Waals surface area contributed by atoms with Crippen molar-refractivity contribution in [3.63, 3.8) is 0 Å². The molecule has 1 aliphatic heterocycles. The van der Waals surface area contributed by atoms with Gasteiger partial charge in [0.1, 0.15) is 0 Å². The molecule has 98 valence electrons. The van der Waals surface area contributed by atoms with E-state index in [0.29, 0.717) is 11.8 Å². The van der Waals surface area contributed by atoms with Crippen LogP contribution in [0.1, 0.15) is 32.6 Å². The molecule has 4 heteroatoms. The van der Waals surface area contributed by atoms with Crippen molar-refractivity contribution in [2.75, 3.05) is 38.6 Å².